The zero-order valence-electron chi connectivity index (χ0n) is 6.75. The first-order valence-electron chi connectivity index (χ1n) is 4.09. The van der Waals surface area contributed by atoms with Crippen molar-refractivity contribution in [3.05, 3.63) is 24.0 Å². The van der Waals surface area contributed by atoms with E-state index < -0.39 is 0 Å². The van der Waals surface area contributed by atoms with Gasteiger partial charge in [-0.3, -0.25) is 0 Å². The van der Waals surface area contributed by atoms with E-state index in [1.54, 1.807) is 0 Å². The Morgan fingerprint density at radius 3 is 2.83 bits per heavy atom. The van der Waals surface area contributed by atoms with Gasteiger partial charge in [-0.05, 0) is 25.0 Å². The summed E-state index contributed by atoms with van der Waals surface area (Å²) >= 11 is 0. The Bertz CT molecular complexity index is 303. The third-order valence-electron chi connectivity index (χ3n) is 2.56. The number of nitrogens with one attached hydrogen (secondary N) is 1. The Hall–Kier alpha value is -1.27. The van der Waals surface area contributed by atoms with E-state index >= 15 is 0 Å². The first-order chi connectivity index (χ1) is 5.78. The van der Waals surface area contributed by atoms with Crippen LogP contribution in [0.25, 0.3) is 0 Å². The molecule has 0 radical (unpaired) electrons. The van der Waals surface area contributed by atoms with Crippen LogP contribution in [0, 0.1) is 16.7 Å². The molecule has 0 saturated heterocycles. The number of aromatic nitrogens is 1. The van der Waals surface area contributed by atoms with Crippen LogP contribution in [0.2, 0.25) is 0 Å². The van der Waals surface area contributed by atoms with Crippen molar-refractivity contribution in [2.75, 3.05) is 0 Å². The number of nitrogens with two attached hydrogens (primary N) is 1. The van der Waals surface area contributed by atoms with Crippen LogP contribution < -0.4 is 5.73 Å². The molecule has 1 unspecified atom stereocenters. The molecule has 1 fully saturated rings. The van der Waals surface area contributed by atoms with Crippen molar-refractivity contribution in [2.45, 2.75) is 18.9 Å². The fourth-order valence-corrected chi connectivity index (χ4v) is 1.46. The van der Waals surface area contributed by atoms with E-state index in [1.807, 2.05) is 18.3 Å². The van der Waals surface area contributed by atoms with Gasteiger partial charge in [0.2, 0.25) is 0 Å². The highest BCUT2D eigenvalue weighted by molar-refractivity contribution is 5.23. The molecule has 0 aliphatic heterocycles. The molecular weight excluding hydrogens is 150 g/mol. The quantitative estimate of drug-likeness (QED) is 0.687. The Kier molecular flexibility index (Phi) is 1.45. The van der Waals surface area contributed by atoms with Gasteiger partial charge in [0.1, 0.15) is 0 Å². The van der Waals surface area contributed by atoms with Gasteiger partial charge in [-0.25, -0.2) is 0 Å². The molecule has 3 heteroatoms. The van der Waals surface area contributed by atoms with Crippen molar-refractivity contribution < 1.29 is 0 Å². The van der Waals surface area contributed by atoms with Crippen LogP contribution in [0.4, 0.5) is 0 Å². The highest BCUT2D eigenvalue weighted by Gasteiger charge is 2.49. The molecule has 1 aromatic heterocycles. The van der Waals surface area contributed by atoms with Gasteiger partial charge in [-0.15, -0.1) is 0 Å². The van der Waals surface area contributed by atoms with E-state index in [9.17, 15) is 0 Å². The zero-order valence-corrected chi connectivity index (χ0v) is 6.75. The van der Waals surface area contributed by atoms with Gasteiger partial charge >= 0.3 is 0 Å². The third kappa shape index (κ3) is 0.926. The second kappa shape index (κ2) is 2.36. The second-order valence-electron chi connectivity index (χ2n) is 3.37. The van der Waals surface area contributed by atoms with Crippen LogP contribution >= 0.6 is 0 Å². The zero-order chi connectivity index (χ0) is 8.60. The minimum atomic E-state index is -0.273. The summed E-state index contributed by atoms with van der Waals surface area (Å²) in [5.74, 6) is 0. The number of aromatic amines is 1. The molecule has 0 bridgehead atoms. The van der Waals surface area contributed by atoms with Crippen molar-refractivity contribution in [3.8, 4) is 6.07 Å². The fourth-order valence-electron chi connectivity index (χ4n) is 1.46. The molecule has 12 heavy (non-hydrogen) atoms. The Balaban J connectivity index is 2.22. The number of nitrogens with zero attached hydrogens (tertiary/aromatic N) is 1. The summed E-state index contributed by atoms with van der Waals surface area (Å²) in [6.45, 7) is 0. The van der Waals surface area contributed by atoms with E-state index in [0.29, 0.717) is 0 Å². The second-order valence-corrected chi connectivity index (χ2v) is 3.37. The van der Waals surface area contributed by atoms with Crippen LogP contribution in [-0.2, 0) is 0 Å². The average Bonchev–Trinajstić information content (AvgIpc) is 2.71. The van der Waals surface area contributed by atoms with Gasteiger partial charge in [0.15, 0.2) is 0 Å². The van der Waals surface area contributed by atoms with Crippen LogP contribution in [-0.4, -0.2) is 4.98 Å². The smallest absolute Gasteiger partial charge is 0.0781 e. The summed E-state index contributed by atoms with van der Waals surface area (Å²) in [5, 5.41) is 8.88. The van der Waals surface area contributed by atoms with Crippen LogP contribution in [0.5, 0.6) is 0 Å². The van der Waals surface area contributed by atoms with E-state index in [1.165, 1.54) is 0 Å². The van der Waals surface area contributed by atoms with Crippen LogP contribution in [0.3, 0.4) is 0 Å². The predicted octanol–water partition coefficient (Wildman–Crippen LogP) is 1.32. The lowest BCUT2D eigenvalue weighted by atomic mass is 9.96. The minimum Gasteiger partial charge on any atom is -0.364 e. The lowest BCUT2D eigenvalue weighted by Crippen LogP contribution is -2.21. The molecule has 3 N–H and O–H groups in total. The molecule has 1 aliphatic carbocycles. The lowest BCUT2D eigenvalue weighted by molar-refractivity contribution is 0.509. The number of rotatable bonds is 2. The molecule has 62 valence electrons. The molecule has 1 aliphatic rings. The normalized spacial score (nSPS) is 21.3. The fraction of sp³-hybridized carbons (Fsp3) is 0.444. The van der Waals surface area contributed by atoms with E-state index in [0.717, 1.165) is 18.5 Å². The van der Waals surface area contributed by atoms with E-state index in [-0.39, 0.29) is 11.5 Å². The highest BCUT2D eigenvalue weighted by atomic mass is 14.8. The number of nitriles is 1. The first-order valence-corrected chi connectivity index (χ1v) is 4.09. The summed E-state index contributed by atoms with van der Waals surface area (Å²) in [6.07, 6.45) is 3.70. The van der Waals surface area contributed by atoms with Gasteiger partial charge < -0.3 is 10.7 Å². The molecule has 0 spiro atoms. The molecule has 2 rings (SSSR count). The summed E-state index contributed by atoms with van der Waals surface area (Å²) < 4.78 is 0. The molecule has 1 saturated carbocycles. The van der Waals surface area contributed by atoms with Crippen molar-refractivity contribution in [3.63, 3.8) is 0 Å². The maximum atomic E-state index is 8.88. The largest absolute Gasteiger partial charge is 0.364 e. The third-order valence-corrected chi connectivity index (χ3v) is 2.56. The molecule has 1 heterocycles. The maximum absolute atomic E-state index is 8.88. The van der Waals surface area contributed by atoms with Crippen LogP contribution in [0.15, 0.2) is 18.3 Å². The lowest BCUT2D eigenvalue weighted by Gasteiger charge is -2.14. The molecule has 1 atom stereocenters. The SMILES string of the molecule is N#CC1(C(N)c2ccc[nH]2)CC1. The van der Waals surface area contributed by atoms with Crippen molar-refractivity contribution in [2.24, 2.45) is 11.1 Å². The molecule has 1 aromatic rings. The summed E-state index contributed by atoms with van der Waals surface area (Å²) in [5.41, 5.74) is 6.63. The van der Waals surface area contributed by atoms with Gasteiger partial charge in [-0.1, -0.05) is 0 Å². The summed E-state index contributed by atoms with van der Waals surface area (Å²) in [7, 11) is 0. The molecule has 3 nitrogen and oxygen atoms in total. The van der Waals surface area contributed by atoms with Gasteiger partial charge in [0.05, 0.1) is 17.5 Å². The standard InChI is InChI=1S/C9H11N3/c10-6-9(3-4-9)8(11)7-2-1-5-12-7/h1-2,5,8,12H,3-4,11H2. The van der Waals surface area contributed by atoms with Crippen molar-refractivity contribution in [1.82, 2.24) is 4.98 Å². The number of hydrogen-bond donors (Lipinski definition) is 2. The van der Waals surface area contributed by atoms with E-state index in [2.05, 4.69) is 11.1 Å². The highest BCUT2D eigenvalue weighted by Crippen LogP contribution is 2.52. The predicted molar refractivity (Wildman–Crippen MR) is 45.0 cm³/mol. The molecular formula is C9H11N3. The number of hydrogen-bond acceptors (Lipinski definition) is 2. The van der Waals surface area contributed by atoms with Gasteiger partial charge in [0, 0.05) is 11.9 Å². The number of H-pyrrole nitrogens is 1. The maximum Gasteiger partial charge on any atom is 0.0781 e. The molecule has 0 amide bonds. The summed E-state index contributed by atoms with van der Waals surface area (Å²) in [6, 6.07) is 5.99. The van der Waals surface area contributed by atoms with Gasteiger partial charge in [0.25, 0.3) is 0 Å². The average molecular weight is 161 g/mol. The Morgan fingerprint density at radius 1 is 1.67 bits per heavy atom. The Morgan fingerprint density at radius 2 is 2.42 bits per heavy atom. The first kappa shape index (κ1) is 7.38. The molecule has 0 aromatic carbocycles. The minimum absolute atomic E-state index is 0.141. The topological polar surface area (TPSA) is 65.6 Å². The monoisotopic (exact) mass is 161 g/mol. The summed E-state index contributed by atoms with van der Waals surface area (Å²) in [4.78, 5) is 3.04. The van der Waals surface area contributed by atoms with E-state index in [4.69, 9.17) is 11.0 Å². The van der Waals surface area contributed by atoms with Crippen LogP contribution in [0.1, 0.15) is 24.6 Å². The Labute approximate surface area is 71.2 Å². The van der Waals surface area contributed by atoms with Gasteiger partial charge in [-0.2, -0.15) is 5.26 Å². The van der Waals surface area contributed by atoms with Crippen molar-refractivity contribution in [1.29, 1.82) is 5.26 Å². The van der Waals surface area contributed by atoms with Crippen molar-refractivity contribution >= 4 is 0 Å².